The zero-order valence-electron chi connectivity index (χ0n) is 10.7. The van der Waals surface area contributed by atoms with E-state index in [1.807, 2.05) is 6.07 Å². The number of anilines is 1. The molecule has 0 spiro atoms. The first kappa shape index (κ1) is 15.4. The van der Waals surface area contributed by atoms with Gasteiger partial charge in [-0.05, 0) is 23.8 Å². The lowest BCUT2D eigenvalue weighted by atomic mass is 10.1. The maximum absolute atomic E-state index is 12.1. The van der Waals surface area contributed by atoms with Gasteiger partial charge in [0, 0.05) is 5.69 Å². The predicted molar refractivity (Wildman–Crippen MR) is 82.1 cm³/mol. The Hall–Kier alpha value is -2.04. The number of halogens is 2. The summed E-state index contributed by atoms with van der Waals surface area (Å²) in [6, 6.07) is 13.1. The van der Waals surface area contributed by atoms with Crippen molar-refractivity contribution in [2.75, 3.05) is 5.32 Å². The zero-order valence-corrected chi connectivity index (χ0v) is 12.2. The van der Waals surface area contributed by atoms with E-state index in [1.54, 1.807) is 24.3 Å². The fourth-order valence-electron chi connectivity index (χ4n) is 1.75. The average Bonchev–Trinajstić information content (AvgIpc) is 2.49. The second-order valence-electron chi connectivity index (χ2n) is 4.26. The molecule has 2 aromatic rings. The zero-order chi connectivity index (χ0) is 15.4. The molecule has 0 aromatic heterocycles. The molecule has 0 aliphatic rings. The number of nitrogens with one attached hydrogen (secondary N) is 1. The van der Waals surface area contributed by atoms with Crippen LogP contribution in [0.25, 0.3) is 0 Å². The minimum absolute atomic E-state index is 0.0831. The number of rotatable bonds is 4. The van der Waals surface area contributed by atoms with Crippen molar-refractivity contribution in [1.29, 1.82) is 0 Å². The highest BCUT2D eigenvalue weighted by molar-refractivity contribution is 6.34. The highest BCUT2D eigenvalue weighted by atomic mass is 35.5. The Morgan fingerprint density at radius 1 is 1.10 bits per heavy atom. The van der Waals surface area contributed by atoms with Crippen LogP contribution in [0.15, 0.2) is 48.5 Å². The van der Waals surface area contributed by atoms with Gasteiger partial charge in [-0.15, -0.1) is 11.6 Å². The molecule has 21 heavy (non-hydrogen) atoms. The molecule has 1 atom stereocenters. The van der Waals surface area contributed by atoms with Crippen molar-refractivity contribution in [3.05, 3.63) is 64.7 Å². The van der Waals surface area contributed by atoms with Crippen molar-refractivity contribution >= 4 is 40.8 Å². The Labute approximate surface area is 131 Å². The summed E-state index contributed by atoms with van der Waals surface area (Å²) >= 11 is 11.9. The molecule has 2 rings (SSSR count). The molecule has 0 radical (unpaired) electrons. The van der Waals surface area contributed by atoms with Crippen LogP contribution < -0.4 is 5.32 Å². The molecule has 0 saturated carbocycles. The number of benzene rings is 2. The third kappa shape index (κ3) is 3.74. The van der Waals surface area contributed by atoms with Crippen LogP contribution in [0.1, 0.15) is 21.3 Å². The summed E-state index contributed by atoms with van der Waals surface area (Å²) in [6.45, 7) is 0. The van der Waals surface area contributed by atoms with Crippen LogP contribution in [0.5, 0.6) is 0 Å². The molecule has 0 saturated heterocycles. The van der Waals surface area contributed by atoms with Crippen LogP contribution >= 0.6 is 23.2 Å². The van der Waals surface area contributed by atoms with Gasteiger partial charge in [0.15, 0.2) is 0 Å². The van der Waals surface area contributed by atoms with Crippen LogP contribution in [-0.2, 0) is 4.79 Å². The van der Waals surface area contributed by atoms with Gasteiger partial charge in [0.1, 0.15) is 5.38 Å². The first-order valence-electron chi connectivity index (χ1n) is 6.02. The molecule has 1 unspecified atom stereocenters. The lowest BCUT2D eigenvalue weighted by molar-refractivity contribution is -0.116. The summed E-state index contributed by atoms with van der Waals surface area (Å²) in [4.78, 5) is 23.0. The van der Waals surface area contributed by atoms with Gasteiger partial charge in [-0.2, -0.15) is 0 Å². The van der Waals surface area contributed by atoms with Crippen LogP contribution in [0.2, 0.25) is 5.02 Å². The van der Waals surface area contributed by atoms with Crippen LogP contribution in [0.4, 0.5) is 5.69 Å². The highest BCUT2D eigenvalue weighted by Crippen LogP contribution is 2.24. The van der Waals surface area contributed by atoms with Crippen molar-refractivity contribution in [3.63, 3.8) is 0 Å². The van der Waals surface area contributed by atoms with E-state index in [0.29, 0.717) is 11.3 Å². The third-order valence-corrected chi connectivity index (χ3v) is 3.57. The molecular formula is C15H11Cl2NO3. The van der Waals surface area contributed by atoms with Crippen molar-refractivity contribution in [1.82, 2.24) is 0 Å². The first-order valence-corrected chi connectivity index (χ1v) is 6.83. The molecule has 0 fully saturated rings. The third-order valence-electron chi connectivity index (χ3n) is 2.79. The summed E-state index contributed by atoms with van der Waals surface area (Å²) in [5.74, 6) is -1.61. The smallest absolute Gasteiger partial charge is 0.337 e. The van der Waals surface area contributed by atoms with Gasteiger partial charge in [-0.1, -0.05) is 41.9 Å². The predicted octanol–water partition coefficient (Wildman–Crippen LogP) is 3.96. The van der Waals surface area contributed by atoms with E-state index < -0.39 is 17.3 Å². The minimum Gasteiger partial charge on any atom is -0.478 e. The molecule has 0 heterocycles. The monoisotopic (exact) mass is 323 g/mol. The van der Waals surface area contributed by atoms with Gasteiger partial charge in [0.05, 0.1) is 10.6 Å². The Kier molecular flexibility index (Phi) is 4.83. The molecule has 2 aromatic carbocycles. The van der Waals surface area contributed by atoms with Gasteiger partial charge in [0.25, 0.3) is 0 Å². The largest absolute Gasteiger partial charge is 0.478 e. The summed E-state index contributed by atoms with van der Waals surface area (Å²) < 4.78 is 0. The van der Waals surface area contributed by atoms with E-state index >= 15 is 0 Å². The van der Waals surface area contributed by atoms with Crippen molar-refractivity contribution in [2.24, 2.45) is 0 Å². The number of amides is 1. The van der Waals surface area contributed by atoms with Crippen LogP contribution in [-0.4, -0.2) is 17.0 Å². The van der Waals surface area contributed by atoms with Gasteiger partial charge in [0.2, 0.25) is 5.91 Å². The Bertz CT molecular complexity index is 674. The van der Waals surface area contributed by atoms with Crippen LogP contribution in [0, 0.1) is 0 Å². The average molecular weight is 324 g/mol. The fraction of sp³-hybridized carbons (Fsp3) is 0.0667. The number of alkyl halides is 1. The minimum atomic E-state index is -1.17. The van der Waals surface area contributed by atoms with Gasteiger partial charge in [-0.25, -0.2) is 4.79 Å². The molecule has 108 valence electrons. The number of hydrogen-bond acceptors (Lipinski definition) is 2. The van der Waals surface area contributed by atoms with E-state index in [1.165, 1.54) is 18.2 Å². The number of carbonyl (C=O) groups excluding carboxylic acids is 1. The fourth-order valence-corrected chi connectivity index (χ4v) is 2.14. The molecule has 0 aliphatic heterocycles. The first-order chi connectivity index (χ1) is 9.99. The van der Waals surface area contributed by atoms with Gasteiger partial charge >= 0.3 is 5.97 Å². The van der Waals surface area contributed by atoms with Gasteiger partial charge < -0.3 is 10.4 Å². The van der Waals surface area contributed by atoms with E-state index in [4.69, 9.17) is 28.3 Å². The summed E-state index contributed by atoms with van der Waals surface area (Å²) in [6.07, 6.45) is 0. The lowest BCUT2D eigenvalue weighted by Gasteiger charge is -2.11. The van der Waals surface area contributed by atoms with E-state index in [-0.39, 0.29) is 10.6 Å². The molecular weight excluding hydrogens is 313 g/mol. The number of carboxylic acids is 1. The van der Waals surface area contributed by atoms with E-state index in [9.17, 15) is 9.59 Å². The van der Waals surface area contributed by atoms with E-state index in [2.05, 4.69) is 5.32 Å². The molecule has 0 aliphatic carbocycles. The molecule has 2 N–H and O–H groups in total. The number of hydrogen-bond donors (Lipinski definition) is 2. The quantitative estimate of drug-likeness (QED) is 0.837. The Balaban J connectivity index is 2.16. The number of aromatic carboxylic acids is 1. The number of carbonyl (C=O) groups is 2. The summed E-state index contributed by atoms with van der Waals surface area (Å²) in [7, 11) is 0. The van der Waals surface area contributed by atoms with Crippen molar-refractivity contribution in [3.8, 4) is 0 Å². The standard InChI is InChI=1S/C15H11Cl2NO3/c16-12-7-6-10(8-11(12)15(20)21)18-14(19)13(17)9-4-2-1-3-5-9/h1-8,13H,(H,18,19)(H,20,21). The Morgan fingerprint density at radius 3 is 2.38 bits per heavy atom. The summed E-state index contributed by atoms with van der Waals surface area (Å²) in [5.41, 5.74) is 0.896. The maximum atomic E-state index is 12.1. The molecule has 1 amide bonds. The normalized spacial score (nSPS) is 11.7. The lowest BCUT2D eigenvalue weighted by Crippen LogP contribution is -2.17. The second-order valence-corrected chi connectivity index (χ2v) is 5.11. The van der Waals surface area contributed by atoms with Crippen molar-refractivity contribution < 1.29 is 14.7 Å². The van der Waals surface area contributed by atoms with Crippen LogP contribution in [0.3, 0.4) is 0 Å². The van der Waals surface area contributed by atoms with Crippen molar-refractivity contribution in [2.45, 2.75) is 5.38 Å². The topological polar surface area (TPSA) is 66.4 Å². The molecule has 6 heteroatoms. The Morgan fingerprint density at radius 2 is 1.76 bits per heavy atom. The molecule has 4 nitrogen and oxygen atoms in total. The maximum Gasteiger partial charge on any atom is 0.337 e. The van der Waals surface area contributed by atoms with E-state index in [0.717, 1.165) is 0 Å². The SMILES string of the molecule is O=C(O)c1cc(NC(=O)C(Cl)c2ccccc2)ccc1Cl. The second kappa shape index (κ2) is 6.61. The molecule has 0 bridgehead atoms. The summed E-state index contributed by atoms with van der Waals surface area (Å²) in [5, 5.41) is 10.8. The van der Waals surface area contributed by atoms with Gasteiger partial charge in [-0.3, -0.25) is 4.79 Å². The number of carboxylic acid groups (broad SMARTS) is 1. The highest BCUT2D eigenvalue weighted by Gasteiger charge is 2.18.